The highest BCUT2D eigenvalue weighted by atomic mass is 79.9. The van der Waals surface area contributed by atoms with Gasteiger partial charge in [0.15, 0.2) is 0 Å². The van der Waals surface area contributed by atoms with Crippen LogP contribution in [-0.4, -0.2) is 31.6 Å². The predicted molar refractivity (Wildman–Crippen MR) is 163 cm³/mol. The molecule has 4 aliphatic carbocycles. The summed E-state index contributed by atoms with van der Waals surface area (Å²) in [7, 11) is 1.50. The lowest BCUT2D eigenvalue weighted by Gasteiger charge is -2.62. The Balaban J connectivity index is 1.09. The Labute approximate surface area is 255 Å². The summed E-state index contributed by atoms with van der Waals surface area (Å²) in [4.78, 5) is 24.0. The molecular weight excluding hydrogens is 580 g/mol. The van der Waals surface area contributed by atoms with Gasteiger partial charge in [-0.05, 0) is 121 Å². The first-order valence-corrected chi connectivity index (χ1v) is 16.9. The van der Waals surface area contributed by atoms with Gasteiger partial charge in [-0.25, -0.2) is 9.78 Å². The fraction of sp³-hybridized carbons (Fsp3) is 0.743. The first-order chi connectivity index (χ1) is 19.6. The Kier molecular flexibility index (Phi) is 8.28. The van der Waals surface area contributed by atoms with E-state index >= 15 is 0 Å². The Bertz CT molecular complexity index is 1130. The van der Waals surface area contributed by atoms with Crippen molar-refractivity contribution in [2.45, 2.75) is 103 Å². The van der Waals surface area contributed by atoms with Crippen molar-refractivity contribution in [3.05, 3.63) is 40.9 Å². The highest BCUT2D eigenvalue weighted by Crippen LogP contribution is 2.69. The topological polar surface area (TPSA) is 54.0 Å². The molecule has 4 saturated carbocycles. The van der Waals surface area contributed by atoms with Crippen molar-refractivity contribution in [1.29, 1.82) is 0 Å². The molecule has 0 bridgehead atoms. The van der Waals surface area contributed by atoms with E-state index in [0.717, 1.165) is 65.0 Å². The first-order valence-electron chi connectivity index (χ1n) is 16.1. The van der Waals surface area contributed by atoms with Gasteiger partial charge in [0, 0.05) is 23.7 Å². The molecule has 7 unspecified atom stereocenters. The lowest BCUT2D eigenvalue weighted by Crippen LogP contribution is -2.58. The average Bonchev–Trinajstić information content (AvgIpc) is 3.34. The number of ether oxygens (including phenoxy) is 2. The Hall–Kier alpha value is -1.21. The Morgan fingerprint density at radius 1 is 1.05 bits per heavy atom. The quantitative estimate of drug-likeness (QED) is 0.233. The highest BCUT2D eigenvalue weighted by molar-refractivity contribution is 9.10. The maximum Gasteiger partial charge on any atom is 0.305 e. The number of hydrogen-bond acceptors (Lipinski definition) is 5. The summed E-state index contributed by atoms with van der Waals surface area (Å²) in [5.41, 5.74) is 2.69. The van der Waals surface area contributed by atoms with Crippen molar-refractivity contribution >= 4 is 27.5 Å². The summed E-state index contributed by atoms with van der Waals surface area (Å²) in [6, 6.07) is 8.15. The van der Waals surface area contributed by atoms with Crippen LogP contribution >= 0.6 is 15.9 Å². The van der Waals surface area contributed by atoms with Crippen LogP contribution in [0.3, 0.4) is 0 Å². The van der Waals surface area contributed by atoms with E-state index in [4.69, 9.17) is 19.2 Å². The Morgan fingerprint density at radius 2 is 1.80 bits per heavy atom. The zero-order valence-corrected chi connectivity index (χ0v) is 27.0. The minimum Gasteiger partial charge on any atom is -0.469 e. The number of benzene rings is 1. The van der Waals surface area contributed by atoms with Gasteiger partial charge in [-0.1, -0.05) is 55.4 Å². The molecule has 0 N–H and O–H groups in total. The molecule has 0 radical (unpaired) electrons. The molecule has 226 valence electrons. The smallest absolute Gasteiger partial charge is 0.305 e. The van der Waals surface area contributed by atoms with Crippen molar-refractivity contribution in [1.82, 2.24) is 0 Å². The van der Waals surface area contributed by atoms with Gasteiger partial charge in [-0.15, -0.1) is 0 Å². The van der Waals surface area contributed by atoms with Gasteiger partial charge >= 0.3 is 5.97 Å². The van der Waals surface area contributed by atoms with E-state index in [1.165, 1.54) is 45.6 Å². The third-order valence-electron chi connectivity index (χ3n) is 12.9. The number of esters is 1. The lowest BCUT2D eigenvalue weighted by molar-refractivity contribution is -0.489. The van der Waals surface area contributed by atoms with Crippen LogP contribution in [0.25, 0.3) is 5.57 Å². The molecular formula is C35H49BrO5. The highest BCUT2D eigenvalue weighted by Gasteiger charge is 2.62. The number of hydrogen-bond donors (Lipinski definition) is 0. The molecule has 1 aromatic rings. The van der Waals surface area contributed by atoms with Gasteiger partial charge in [0.1, 0.15) is 6.10 Å². The molecule has 6 rings (SSSR count). The van der Waals surface area contributed by atoms with Crippen LogP contribution in [0.15, 0.2) is 35.3 Å². The van der Waals surface area contributed by atoms with E-state index in [1.54, 1.807) is 0 Å². The van der Waals surface area contributed by atoms with Crippen LogP contribution in [0.4, 0.5) is 0 Å². The van der Waals surface area contributed by atoms with Gasteiger partial charge < -0.3 is 9.47 Å². The molecule has 5 aliphatic rings. The molecule has 1 aliphatic heterocycles. The third-order valence-corrected chi connectivity index (χ3v) is 13.4. The number of halogens is 1. The molecule has 41 heavy (non-hydrogen) atoms. The van der Waals surface area contributed by atoms with Crippen molar-refractivity contribution in [3.8, 4) is 0 Å². The number of carbonyl (C=O) groups is 1. The summed E-state index contributed by atoms with van der Waals surface area (Å²) >= 11 is 3.50. The van der Waals surface area contributed by atoms with Crippen LogP contribution in [0.1, 0.15) is 97.0 Å². The van der Waals surface area contributed by atoms with Crippen molar-refractivity contribution < 1.29 is 24.0 Å². The molecule has 5 fully saturated rings. The second kappa shape index (κ2) is 11.4. The summed E-state index contributed by atoms with van der Waals surface area (Å²) in [5, 5.41) is 0. The molecule has 1 heterocycles. The largest absolute Gasteiger partial charge is 0.469 e. The standard InChI is InChI=1S/C35H49BrO5/c1-22(6-15-32(37)38-5)28-13-14-29-27-12-9-25-20-35(19-18-33(25,3)30(27)16-17-34(28,29)4)39-21-31(40-41-35)23(2)24-7-10-26(36)11-8-24/h7-8,10-11,22,25,27-31H,2,6,9,12-21H2,1,3-5H3/t22?,25-,27?,28?,29?,30?,31?,33+,34-,35?/m1/s1. The van der Waals surface area contributed by atoms with Crippen LogP contribution in [0.2, 0.25) is 0 Å². The van der Waals surface area contributed by atoms with Crippen molar-refractivity contribution in [2.75, 3.05) is 13.7 Å². The molecule has 0 aromatic heterocycles. The minimum atomic E-state index is -0.621. The number of rotatable bonds is 6. The van der Waals surface area contributed by atoms with Gasteiger partial charge in [-0.2, -0.15) is 0 Å². The van der Waals surface area contributed by atoms with Gasteiger partial charge in [0.05, 0.1) is 13.7 Å². The monoisotopic (exact) mass is 628 g/mol. The second-order valence-electron chi connectivity index (χ2n) is 14.6. The van der Waals surface area contributed by atoms with E-state index in [-0.39, 0.29) is 12.1 Å². The molecule has 10 atom stereocenters. The fourth-order valence-corrected chi connectivity index (χ4v) is 10.7. The molecule has 0 amide bonds. The lowest BCUT2D eigenvalue weighted by atomic mass is 9.44. The van der Waals surface area contributed by atoms with Crippen LogP contribution in [0.5, 0.6) is 0 Å². The zero-order valence-electron chi connectivity index (χ0n) is 25.5. The van der Waals surface area contributed by atoms with Gasteiger partial charge in [0.25, 0.3) is 0 Å². The SMILES string of the molecule is C=C(c1ccc(Br)cc1)C1COC2(CC[C@]3(C)C4CC[C@]5(C)C(C(C)CCC(=O)OC)CCC5C4CC[C@@H]3C2)OO1. The summed E-state index contributed by atoms with van der Waals surface area (Å²) < 4.78 is 12.5. The van der Waals surface area contributed by atoms with E-state index in [1.807, 2.05) is 12.1 Å². The molecule has 1 saturated heterocycles. The minimum absolute atomic E-state index is 0.0667. The van der Waals surface area contributed by atoms with Crippen LogP contribution in [0, 0.1) is 46.3 Å². The normalized spacial score (nSPS) is 42.6. The molecule has 1 aromatic carbocycles. The summed E-state index contributed by atoms with van der Waals surface area (Å²) in [5.74, 6) is 3.64. The average molecular weight is 630 g/mol. The number of methoxy groups -OCH3 is 1. The fourth-order valence-electron chi connectivity index (χ4n) is 10.5. The summed E-state index contributed by atoms with van der Waals surface area (Å²) in [6.45, 7) is 12.4. The van der Waals surface area contributed by atoms with Gasteiger partial charge in [-0.3, -0.25) is 4.79 Å². The first kappa shape index (κ1) is 29.8. The maximum atomic E-state index is 11.8. The number of carbonyl (C=O) groups excluding carboxylic acids is 1. The van der Waals surface area contributed by atoms with E-state index in [2.05, 4.69) is 55.4 Å². The Morgan fingerprint density at radius 3 is 2.51 bits per heavy atom. The van der Waals surface area contributed by atoms with Gasteiger partial charge in [0.2, 0.25) is 5.79 Å². The molecule has 6 heteroatoms. The molecule has 5 nitrogen and oxygen atoms in total. The predicted octanol–water partition coefficient (Wildman–Crippen LogP) is 8.75. The van der Waals surface area contributed by atoms with Crippen molar-refractivity contribution in [2.24, 2.45) is 46.3 Å². The van der Waals surface area contributed by atoms with E-state index < -0.39 is 5.79 Å². The maximum absolute atomic E-state index is 11.8. The van der Waals surface area contributed by atoms with Crippen LogP contribution in [-0.2, 0) is 24.0 Å². The molecule has 1 spiro atoms. The van der Waals surface area contributed by atoms with Crippen molar-refractivity contribution in [3.63, 3.8) is 0 Å². The van der Waals surface area contributed by atoms with Crippen LogP contribution < -0.4 is 0 Å². The van der Waals surface area contributed by atoms with E-state index in [9.17, 15) is 4.79 Å². The summed E-state index contributed by atoms with van der Waals surface area (Å²) in [6.07, 6.45) is 12.1. The zero-order chi connectivity index (χ0) is 29.0. The third kappa shape index (κ3) is 5.27. The number of fused-ring (bicyclic) bond motifs is 5. The second-order valence-corrected chi connectivity index (χ2v) is 15.5. The van der Waals surface area contributed by atoms with E-state index in [0.29, 0.717) is 35.7 Å².